The molecule has 0 aliphatic heterocycles. The van der Waals surface area contributed by atoms with E-state index in [9.17, 15) is 9.90 Å². The van der Waals surface area contributed by atoms with E-state index in [1.54, 1.807) is 12.1 Å². The van der Waals surface area contributed by atoms with Gasteiger partial charge in [0.2, 0.25) is 0 Å². The molecule has 1 rings (SSSR count). The van der Waals surface area contributed by atoms with E-state index in [-0.39, 0.29) is 0 Å². The zero-order valence-electron chi connectivity index (χ0n) is 10.9. The maximum Gasteiger partial charge on any atom is 0.337 e. The summed E-state index contributed by atoms with van der Waals surface area (Å²) in [5.41, 5.74) is 2.25. The first-order chi connectivity index (χ1) is 8.07. The number of anilines is 1. The summed E-state index contributed by atoms with van der Waals surface area (Å²) < 4.78 is 0. The predicted octanol–water partition coefficient (Wildman–Crippen LogP) is 3.32. The summed E-state index contributed by atoms with van der Waals surface area (Å²) in [4.78, 5) is 13.2. The monoisotopic (exact) mass is 235 g/mol. The van der Waals surface area contributed by atoms with Crippen molar-refractivity contribution in [2.24, 2.45) is 0 Å². The highest BCUT2D eigenvalue weighted by atomic mass is 16.4. The van der Waals surface area contributed by atoms with Crippen LogP contribution in [0.5, 0.6) is 0 Å². The van der Waals surface area contributed by atoms with Crippen LogP contribution in [0.25, 0.3) is 0 Å². The van der Waals surface area contributed by atoms with Crippen molar-refractivity contribution in [3.05, 3.63) is 29.3 Å². The van der Waals surface area contributed by atoms with Crippen LogP contribution in [0, 0.1) is 6.92 Å². The van der Waals surface area contributed by atoms with Gasteiger partial charge >= 0.3 is 5.97 Å². The predicted molar refractivity (Wildman–Crippen MR) is 70.9 cm³/mol. The molecule has 0 unspecified atom stereocenters. The van der Waals surface area contributed by atoms with Gasteiger partial charge in [-0.1, -0.05) is 31.9 Å². The molecule has 0 saturated carbocycles. The fraction of sp³-hybridized carbons (Fsp3) is 0.500. The van der Waals surface area contributed by atoms with E-state index < -0.39 is 5.97 Å². The van der Waals surface area contributed by atoms with Crippen LogP contribution in [0.3, 0.4) is 0 Å². The lowest BCUT2D eigenvalue weighted by molar-refractivity contribution is 0.0697. The van der Waals surface area contributed by atoms with Gasteiger partial charge < -0.3 is 10.0 Å². The average Bonchev–Trinajstić information content (AvgIpc) is 2.28. The minimum Gasteiger partial charge on any atom is -0.478 e. The fourth-order valence-electron chi connectivity index (χ4n) is 2.05. The number of rotatable bonds is 6. The minimum atomic E-state index is -0.856. The van der Waals surface area contributed by atoms with Crippen LogP contribution in [0.2, 0.25) is 0 Å². The first-order valence-corrected chi connectivity index (χ1v) is 6.12. The van der Waals surface area contributed by atoms with Gasteiger partial charge in [0.25, 0.3) is 0 Å². The number of carbonyl (C=O) groups is 1. The summed E-state index contributed by atoms with van der Waals surface area (Å²) in [6.07, 6.45) is 3.45. The minimum absolute atomic E-state index is 0.393. The van der Waals surface area contributed by atoms with Gasteiger partial charge in [-0.2, -0.15) is 0 Å². The number of nitrogens with zero attached hydrogens (tertiary/aromatic N) is 1. The molecule has 3 nitrogen and oxygen atoms in total. The largest absolute Gasteiger partial charge is 0.478 e. The number of carboxylic acids is 1. The van der Waals surface area contributed by atoms with E-state index in [2.05, 4.69) is 11.8 Å². The van der Waals surface area contributed by atoms with Gasteiger partial charge in [-0.15, -0.1) is 0 Å². The van der Waals surface area contributed by atoms with E-state index in [0.29, 0.717) is 5.56 Å². The lowest BCUT2D eigenvalue weighted by Gasteiger charge is -2.23. The summed E-state index contributed by atoms with van der Waals surface area (Å²) in [7, 11) is 1.96. The molecule has 0 spiro atoms. The number of aromatic carboxylic acids is 1. The summed E-state index contributed by atoms with van der Waals surface area (Å²) in [6.45, 7) is 5.02. The maximum absolute atomic E-state index is 11.2. The van der Waals surface area contributed by atoms with Crippen molar-refractivity contribution in [3.8, 4) is 0 Å². The number of benzene rings is 1. The Balaban J connectivity index is 2.90. The molecule has 0 fully saturated rings. The third kappa shape index (κ3) is 3.48. The second-order valence-corrected chi connectivity index (χ2v) is 4.40. The quantitative estimate of drug-likeness (QED) is 0.769. The SMILES string of the molecule is CCCCCN(C)c1c(C)cccc1C(=O)O. The van der Waals surface area contributed by atoms with Gasteiger partial charge in [-0.05, 0) is 25.0 Å². The molecule has 1 aromatic carbocycles. The molecule has 94 valence electrons. The van der Waals surface area contributed by atoms with Crippen molar-refractivity contribution in [1.82, 2.24) is 0 Å². The molecule has 0 saturated heterocycles. The molecule has 3 heteroatoms. The highest BCUT2D eigenvalue weighted by molar-refractivity contribution is 5.95. The summed E-state index contributed by atoms with van der Waals surface area (Å²) >= 11 is 0. The fourth-order valence-corrected chi connectivity index (χ4v) is 2.05. The summed E-state index contributed by atoms with van der Waals surface area (Å²) in [5, 5.41) is 9.18. The van der Waals surface area contributed by atoms with Gasteiger partial charge in [0.15, 0.2) is 0 Å². The van der Waals surface area contributed by atoms with Crippen LogP contribution < -0.4 is 4.90 Å². The Bertz CT molecular complexity index is 388. The summed E-state index contributed by atoms with van der Waals surface area (Å²) in [5.74, 6) is -0.856. The van der Waals surface area contributed by atoms with E-state index in [0.717, 1.165) is 24.2 Å². The van der Waals surface area contributed by atoms with E-state index in [4.69, 9.17) is 0 Å². The van der Waals surface area contributed by atoms with Gasteiger partial charge in [-0.3, -0.25) is 0 Å². The molecule has 0 radical (unpaired) electrons. The molecule has 0 amide bonds. The first kappa shape index (κ1) is 13.6. The van der Waals surface area contributed by atoms with Gasteiger partial charge in [0, 0.05) is 13.6 Å². The Hall–Kier alpha value is -1.51. The van der Waals surface area contributed by atoms with Crippen molar-refractivity contribution in [2.75, 3.05) is 18.5 Å². The molecule has 0 aliphatic rings. The number of para-hydroxylation sites is 1. The molecule has 17 heavy (non-hydrogen) atoms. The normalized spacial score (nSPS) is 10.3. The average molecular weight is 235 g/mol. The number of hydrogen-bond donors (Lipinski definition) is 1. The Morgan fingerprint density at radius 2 is 2.06 bits per heavy atom. The third-order valence-corrected chi connectivity index (χ3v) is 2.95. The molecule has 0 atom stereocenters. The third-order valence-electron chi connectivity index (χ3n) is 2.95. The molecule has 0 heterocycles. The summed E-state index contributed by atoms with van der Waals surface area (Å²) in [6, 6.07) is 5.42. The zero-order valence-corrected chi connectivity index (χ0v) is 10.9. The zero-order chi connectivity index (χ0) is 12.8. The van der Waals surface area contributed by atoms with E-state index in [1.165, 1.54) is 12.8 Å². The maximum atomic E-state index is 11.2. The Kier molecular flexibility index (Phi) is 5.01. The molecule has 0 bridgehead atoms. The van der Waals surface area contributed by atoms with Crippen LogP contribution in [0.1, 0.15) is 42.1 Å². The first-order valence-electron chi connectivity index (χ1n) is 6.12. The molecular weight excluding hydrogens is 214 g/mol. The van der Waals surface area contributed by atoms with Gasteiger partial charge in [-0.25, -0.2) is 4.79 Å². The number of carboxylic acid groups (broad SMARTS) is 1. The highest BCUT2D eigenvalue weighted by Crippen LogP contribution is 2.24. The second kappa shape index (κ2) is 6.28. The smallest absolute Gasteiger partial charge is 0.337 e. The standard InChI is InChI=1S/C14H21NO2/c1-4-5-6-10-15(3)13-11(2)8-7-9-12(13)14(16)17/h7-9H,4-6,10H2,1-3H3,(H,16,17). The van der Waals surface area contributed by atoms with Crippen LogP contribution in [0.4, 0.5) is 5.69 Å². The molecule has 0 aliphatic carbocycles. The molecule has 1 N–H and O–H groups in total. The lowest BCUT2D eigenvalue weighted by Crippen LogP contribution is -2.22. The van der Waals surface area contributed by atoms with Crippen LogP contribution in [-0.4, -0.2) is 24.7 Å². The number of unbranched alkanes of at least 4 members (excludes halogenated alkanes) is 2. The van der Waals surface area contributed by atoms with Gasteiger partial charge in [0.1, 0.15) is 0 Å². The molecule has 0 aromatic heterocycles. The Morgan fingerprint density at radius 1 is 1.35 bits per heavy atom. The van der Waals surface area contributed by atoms with Crippen molar-refractivity contribution >= 4 is 11.7 Å². The topological polar surface area (TPSA) is 40.5 Å². The van der Waals surface area contributed by atoms with E-state index in [1.807, 2.05) is 20.0 Å². The Labute approximate surface area is 103 Å². The van der Waals surface area contributed by atoms with Crippen molar-refractivity contribution in [2.45, 2.75) is 33.1 Å². The van der Waals surface area contributed by atoms with Crippen molar-refractivity contribution in [1.29, 1.82) is 0 Å². The van der Waals surface area contributed by atoms with Crippen LogP contribution >= 0.6 is 0 Å². The number of hydrogen-bond acceptors (Lipinski definition) is 2. The lowest BCUT2D eigenvalue weighted by atomic mass is 10.1. The van der Waals surface area contributed by atoms with E-state index >= 15 is 0 Å². The Morgan fingerprint density at radius 3 is 2.65 bits per heavy atom. The highest BCUT2D eigenvalue weighted by Gasteiger charge is 2.14. The van der Waals surface area contributed by atoms with Gasteiger partial charge in [0.05, 0.1) is 11.3 Å². The van der Waals surface area contributed by atoms with Crippen molar-refractivity contribution < 1.29 is 9.90 Å². The molecule has 1 aromatic rings. The van der Waals surface area contributed by atoms with Crippen molar-refractivity contribution in [3.63, 3.8) is 0 Å². The number of aryl methyl sites for hydroxylation is 1. The second-order valence-electron chi connectivity index (χ2n) is 4.40. The van der Waals surface area contributed by atoms with Crippen LogP contribution in [-0.2, 0) is 0 Å². The van der Waals surface area contributed by atoms with Crippen LogP contribution in [0.15, 0.2) is 18.2 Å². The molecular formula is C14H21NO2.